The van der Waals surface area contributed by atoms with Crippen molar-refractivity contribution < 1.29 is 18.0 Å². The Balaban J connectivity index is 1.67. The summed E-state index contributed by atoms with van der Waals surface area (Å²) in [5, 5.41) is 8.93. The molecule has 0 aromatic heterocycles. The predicted molar refractivity (Wildman–Crippen MR) is 96.2 cm³/mol. The molecular formula is C17H24N4O4S. The van der Waals surface area contributed by atoms with E-state index in [9.17, 15) is 18.0 Å². The third-order valence-corrected chi connectivity index (χ3v) is 6.58. The van der Waals surface area contributed by atoms with Gasteiger partial charge in [-0.2, -0.15) is 4.31 Å². The topological polar surface area (TPSA) is 108 Å². The third kappa shape index (κ3) is 4.22. The molecule has 2 heterocycles. The minimum Gasteiger partial charge on any atom is -0.354 e. The van der Waals surface area contributed by atoms with E-state index >= 15 is 0 Å². The fourth-order valence-electron chi connectivity index (χ4n) is 3.28. The third-order valence-electron chi connectivity index (χ3n) is 4.72. The molecular weight excluding hydrogens is 356 g/mol. The van der Waals surface area contributed by atoms with E-state index in [1.807, 2.05) is 0 Å². The molecule has 1 aromatic carbocycles. The molecule has 2 unspecified atom stereocenters. The number of carbonyl (C=O) groups is 2. The molecule has 2 aliphatic rings. The van der Waals surface area contributed by atoms with Gasteiger partial charge in [0, 0.05) is 30.7 Å². The van der Waals surface area contributed by atoms with Crippen LogP contribution in [-0.4, -0.2) is 62.8 Å². The van der Waals surface area contributed by atoms with Gasteiger partial charge in [0.15, 0.2) is 0 Å². The molecule has 0 saturated carbocycles. The molecule has 1 aromatic rings. The van der Waals surface area contributed by atoms with Crippen molar-refractivity contribution in [2.45, 2.75) is 36.7 Å². The zero-order valence-electron chi connectivity index (χ0n) is 14.7. The lowest BCUT2D eigenvalue weighted by molar-refractivity contribution is -0.122. The summed E-state index contributed by atoms with van der Waals surface area (Å²) in [6.07, 6.45) is 1.74. The van der Waals surface area contributed by atoms with E-state index < -0.39 is 10.0 Å². The van der Waals surface area contributed by atoms with E-state index in [0.717, 1.165) is 23.7 Å². The Morgan fingerprint density at radius 1 is 1.23 bits per heavy atom. The number of sulfonamides is 1. The average Bonchev–Trinajstić information content (AvgIpc) is 2.62. The van der Waals surface area contributed by atoms with Crippen LogP contribution in [0.1, 0.15) is 30.1 Å². The highest BCUT2D eigenvalue weighted by Gasteiger charge is 2.29. The lowest BCUT2D eigenvalue weighted by Crippen LogP contribution is -2.49. The average molecular weight is 380 g/mol. The second-order valence-electron chi connectivity index (χ2n) is 6.76. The minimum atomic E-state index is -3.74. The summed E-state index contributed by atoms with van der Waals surface area (Å²) >= 11 is 0. The van der Waals surface area contributed by atoms with Crippen molar-refractivity contribution in [1.82, 2.24) is 20.3 Å². The second-order valence-corrected chi connectivity index (χ2v) is 8.70. The van der Waals surface area contributed by atoms with Gasteiger partial charge in [-0.15, -0.1) is 0 Å². The summed E-state index contributed by atoms with van der Waals surface area (Å²) in [5.74, 6) is -0.516. The van der Waals surface area contributed by atoms with Crippen molar-refractivity contribution in [2.24, 2.45) is 0 Å². The molecule has 2 fully saturated rings. The normalized spacial score (nSPS) is 24.7. The van der Waals surface area contributed by atoms with Gasteiger partial charge in [-0.3, -0.25) is 9.59 Å². The largest absolute Gasteiger partial charge is 0.354 e. The Hall–Kier alpha value is -1.97. The van der Waals surface area contributed by atoms with E-state index in [2.05, 4.69) is 22.9 Å². The van der Waals surface area contributed by atoms with Crippen LogP contribution < -0.4 is 16.0 Å². The Labute approximate surface area is 153 Å². The Morgan fingerprint density at radius 2 is 1.96 bits per heavy atom. The van der Waals surface area contributed by atoms with Gasteiger partial charge in [-0.05, 0) is 50.6 Å². The molecule has 0 spiro atoms. The summed E-state index contributed by atoms with van der Waals surface area (Å²) in [7, 11) is -3.74. The fourth-order valence-corrected chi connectivity index (χ4v) is 4.68. The van der Waals surface area contributed by atoms with Gasteiger partial charge in [0.25, 0.3) is 5.91 Å². The molecule has 0 radical (unpaired) electrons. The minimum absolute atomic E-state index is 0.0826. The number of nitrogens with zero attached hydrogens (tertiary/aromatic N) is 1. The monoisotopic (exact) mass is 380 g/mol. The highest BCUT2D eigenvalue weighted by molar-refractivity contribution is 7.89. The highest BCUT2D eigenvalue weighted by Crippen LogP contribution is 2.17. The number of rotatable bonds is 4. The van der Waals surface area contributed by atoms with E-state index in [1.165, 1.54) is 24.3 Å². The van der Waals surface area contributed by atoms with Crippen LogP contribution >= 0.6 is 0 Å². The first-order chi connectivity index (χ1) is 12.4. The van der Waals surface area contributed by atoms with E-state index in [0.29, 0.717) is 18.2 Å². The lowest BCUT2D eigenvalue weighted by Gasteiger charge is -2.28. The molecule has 0 bridgehead atoms. The van der Waals surface area contributed by atoms with Crippen LogP contribution in [0.4, 0.5) is 0 Å². The highest BCUT2D eigenvalue weighted by atomic mass is 32.2. The number of amides is 2. The molecule has 9 heteroatoms. The first kappa shape index (κ1) is 18.8. The van der Waals surface area contributed by atoms with Crippen molar-refractivity contribution in [2.75, 3.05) is 26.2 Å². The van der Waals surface area contributed by atoms with Gasteiger partial charge < -0.3 is 16.0 Å². The Kier molecular flexibility index (Phi) is 5.59. The number of piperidine rings is 1. The van der Waals surface area contributed by atoms with E-state index in [1.54, 1.807) is 0 Å². The standard InChI is InChI=1S/C17H24N4O4S/c1-12-10-14(6-7-18-12)20-17(23)13-2-4-15(5-3-13)26(24,25)21-9-8-19-16(22)11-21/h2-5,12,14,18H,6-11H2,1H3,(H,19,22)(H,20,23). The maximum atomic E-state index is 12.6. The Morgan fingerprint density at radius 3 is 2.62 bits per heavy atom. The number of nitrogens with one attached hydrogen (secondary N) is 3. The molecule has 2 saturated heterocycles. The van der Waals surface area contributed by atoms with Crippen LogP contribution in [0, 0.1) is 0 Å². The summed E-state index contributed by atoms with van der Waals surface area (Å²) in [5.41, 5.74) is 0.423. The van der Waals surface area contributed by atoms with Crippen molar-refractivity contribution >= 4 is 21.8 Å². The maximum Gasteiger partial charge on any atom is 0.251 e. The van der Waals surface area contributed by atoms with Gasteiger partial charge >= 0.3 is 0 Å². The van der Waals surface area contributed by atoms with Crippen LogP contribution in [0.3, 0.4) is 0 Å². The fraction of sp³-hybridized carbons (Fsp3) is 0.529. The molecule has 3 N–H and O–H groups in total. The quantitative estimate of drug-likeness (QED) is 0.663. The van der Waals surface area contributed by atoms with Crippen molar-refractivity contribution in [1.29, 1.82) is 0 Å². The Bertz CT molecular complexity index is 778. The molecule has 2 atom stereocenters. The lowest BCUT2D eigenvalue weighted by atomic mass is 10.0. The zero-order chi connectivity index (χ0) is 18.7. The van der Waals surface area contributed by atoms with Gasteiger partial charge in [0.2, 0.25) is 15.9 Å². The van der Waals surface area contributed by atoms with E-state index in [-0.39, 0.29) is 35.8 Å². The second kappa shape index (κ2) is 7.73. The molecule has 0 aliphatic carbocycles. The van der Waals surface area contributed by atoms with Crippen LogP contribution in [0.25, 0.3) is 0 Å². The summed E-state index contributed by atoms with van der Waals surface area (Å²) in [6.45, 7) is 3.31. The van der Waals surface area contributed by atoms with Crippen molar-refractivity contribution in [3.8, 4) is 0 Å². The van der Waals surface area contributed by atoms with Gasteiger partial charge in [0.05, 0.1) is 11.4 Å². The summed E-state index contributed by atoms with van der Waals surface area (Å²) < 4.78 is 26.4. The predicted octanol–water partition coefficient (Wildman–Crippen LogP) is -0.323. The zero-order valence-corrected chi connectivity index (χ0v) is 15.5. The van der Waals surface area contributed by atoms with Gasteiger partial charge in [0.1, 0.15) is 0 Å². The number of hydrogen-bond acceptors (Lipinski definition) is 5. The molecule has 3 rings (SSSR count). The van der Waals surface area contributed by atoms with Crippen LogP contribution in [0.5, 0.6) is 0 Å². The number of carbonyl (C=O) groups excluding carboxylic acids is 2. The number of piperazine rings is 1. The molecule has 2 aliphatic heterocycles. The number of benzene rings is 1. The summed E-state index contributed by atoms with van der Waals surface area (Å²) in [6, 6.07) is 6.34. The summed E-state index contributed by atoms with van der Waals surface area (Å²) in [4.78, 5) is 23.9. The molecule has 8 nitrogen and oxygen atoms in total. The smallest absolute Gasteiger partial charge is 0.251 e. The maximum absolute atomic E-state index is 12.6. The van der Waals surface area contributed by atoms with Crippen molar-refractivity contribution in [3.63, 3.8) is 0 Å². The number of hydrogen-bond donors (Lipinski definition) is 3. The first-order valence-electron chi connectivity index (χ1n) is 8.77. The van der Waals surface area contributed by atoms with Gasteiger partial charge in [-0.25, -0.2) is 8.42 Å². The van der Waals surface area contributed by atoms with Crippen LogP contribution in [0.2, 0.25) is 0 Å². The van der Waals surface area contributed by atoms with Gasteiger partial charge in [-0.1, -0.05) is 0 Å². The SMILES string of the molecule is CC1CC(NC(=O)c2ccc(S(=O)(=O)N3CCNC(=O)C3)cc2)CCN1. The first-order valence-corrected chi connectivity index (χ1v) is 10.2. The molecule has 142 valence electrons. The van der Waals surface area contributed by atoms with Crippen molar-refractivity contribution in [3.05, 3.63) is 29.8 Å². The molecule has 26 heavy (non-hydrogen) atoms. The van der Waals surface area contributed by atoms with Crippen LogP contribution in [-0.2, 0) is 14.8 Å². The molecule has 2 amide bonds. The van der Waals surface area contributed by atoms with E-state index in [4.69, 9.17) is 0 Å². The van der Waals surface area contributed by atoms with Crippen LogP contribution in [0.15, 0.2) is 29.2 Å².